The summed E-state index contributed by atoms with van der Waals surface area (Å²) in [7, 11) is 0. The molecule has 9 aliphatic carbocycles. The van der Waals surface area contributed by atoms with Gasteiger partial charge in [-0.15, -0.1) is 0 Å². The molecule has 54 heavy (non-hydrogen) atoms. The van der Waals surface area contributed by atoms with E-state index in [9.17, 15) is 28.8 Å². The lowest BCUT2D eigenvalue weighted by Gasteiger charge is -2.64. The Morgan fingerprint density at radius 1 is 0.722 bits per heavy atom. The zero-order valence-corrected chi connectivity index (χ0v) is 33.3. The molecule has 0 aromatic carbocycles. The monoisotopic (exact) mass is 740 g/mol. The van der Waals surface area contributed by atoms with Gasteiger partial charge in [0.15, 0.2) is 28.6 Å². The second-order valence-corrected chi connectivity index (χ2v) is 20.1. The average molecular weight is 741 g/mol. The van der Waals surface area contributed by atoms with Crippen LogP contribution in [-0.2, 0) is 38.2 Å². The maximum absolute atomic E-state index is 14.8. The van der Waals surface area contributed by atoms with Crippen LogP contribution in [0, 0.1) is 75.9 Å². The van der Waals surface area contributed by atoms with E-state index in [1.54, 1.807) is 13.8 Å². The summed E-state index contributed by atoms with van der Waals surface area (Å²) >= 11 is 0. The van der Waals surface area contributed by atoms with Crippen LogP contribution in [0.3, 0.4) is 0 Å². The van der Waals surface area contributed by atoms with Crippen LogP contribution in [0.1, 0.15) is 138 Å². The molecule has 1 unspecified atom stereocenters. The Morgan fingerprint density at radius 2 is 1.44 bits per heavy atom. The summed E-state index contributed by atoms with van der Waals surface area (Å²) in [6.45, 7) is 10.5. The number of ether oxygens (including phenoxy) is 2. The fourth-order valence-corrected chi connectivity index (χ4v) is 16.8. The third-order valence-electron chi connectivity index (χ3n) is 18.3. The van der Waals surface area contributed by atoms with Gasteiger partial charge in [-0.25, -0.2) is 0 Å². The first kappa shape index (κ1) is 36.7. The van der Waals surface area contributed by atoms with Gasteiger partial charge in [0.05, 0.1) is 0 Å². The first-order valence-corrected chi connectivity index (χ1v) is 21.5. The fourth-order valence-electron chi connectivity index (χ4n) is 16.8. The van der Waals surface area contributed by atoms with Crippen LogP contribution in [0.5, 0.6) is 0 Å². The van der Waals surface area contributed by atoms with Crippen LogP contribution in [0.15, 0.2) is 22.8 Å². The maximum Gasteiger partial charge on any atom is 0.303 e. The minimum atomic E-state index is -1.08. The zero-order valence-electron chi connectivity index (χ0n) is 33.3. The Morgan fingerprint density at radius 3 is 2.15 bits per heavy atom. The summed E-state index contributed by atoms with van der Waals surface area (Å²) in [5.74, 6) is 2.28. The van der Waals surface area contributed by atoms with Crippen molar-refractivity contribution < 1.29 is 38.2 Å². The van der Waals surface area contributed by atoms with E-state index in [2.05, 4.69) is 13.8 Å². The Balaban J connectivity index is 1.11. The van der Waals surface area contributed by atoms with Crippen molar-refractivity contribution in [2.75, 3.05) is 0 Å². The molecule has 9 aliphatic rings. The molecule has 0 heterocycles. The van der Waals surface area contributed by atoms with Gasteiger partial charge in [0.1, 0.15) is 5.78 Å². The highest BCUT2D eigenvalue weighted by Gasteiger charge is 2.70. The second kappa shape index (κ2) is 12.3. The first-order valence-electron chi connectivity index (χ1n) is 21.5. The summed E-state index contributed by atoms with van der Waals surface area (Å²) < 4.78 is 12.1. The van der Waals surface area contributed by atoms with Crippen LogP contribution in [0.2, 0.25) is 0 Å². The number of hydrogen-bond donors (Lipinski definition) is 0. The highest BCUT2D eigenvalue weighted by molar-refractivity contribution is 5.93. The van der Waals surface area contributed by atoms with Gasteiger partial charge >= 0.3 is 11.9 Å². The smallest absolute Gasteiger partial charge is 0.303 e. The highest BCUT2D eigenvalue weighted by atomic mass is 16.6. The van der Waals surface area contributed by atoms with E-state index in [0.29, 0.717) is 61.1 Å². The molecule has 1 spiro atoms. The summed E-state index contributed by atoms with van der Waals surface area (Å²) in [5, 5.41) is 0. The predicted octanol–water partition coefficient (Wildman–Crippen LogP) is 7.89. The van der Waals surface area contributed by atoms with Gasteiger partial charge in [-0.05, 0) is 157 Å². The standard InChI is InChI=1S/C46H60O8/c1-23-19-34-31-8-7-29(51)21-38(31)44(22-36(34)33-13-17-45(24(2)47,41(23)33)53-26(4)49)16-11-28-20-35-30(32-9-10-39(52)42(44)40(28)32)12-15-43(6)37(35)14-18-46(43,25(3)48)54-27(5)50/h21,23,30-37,41-42H,7-20,22H2,1-6H3/t23-,30-,31-,32-,33+,34-,35-,36+,37+,41?,42-,43+,44+,45+,46+/m1/s1. The first-order chi connectivity index (χ1) is 25.6. The summed E-state index contributed by atoms with van der Waals surface area (Å²) in [5.41, 5.74) is 1.21. The molecule has 8 nitrogen and oxygen atoms in total. The second-order valence-electron chi connectivity index (χ2n) is 20.1. The molecule has 0 aliphatic heterocycles. The molecule has 0 saturated heterocycles. The normalized spacial score (nSPS) is 48.7. The lowest BCUT2D eigenvalue weighted by Crippen LogP contribution is -2.60. The quantitative estimate of drug-likeness (QED) is 0.211. The SMILES string of the molecule is CC(=O)O[C@]1(C(C)=O)CC[C@@H]2C1[C@H](C)C[C@H]1[C@H]2C[C@@]2(CCC3=C4[C@H]2C(=O)CC[C@@H]4[C@H]2CC[C@@]4(C)[C@@H](CC[C@]4(OC(C)=O)C(C)=O)[C@@H]2C3)C2=CC(=O)CC[C@@H]21. The number of Topliss-reactive ketones (excluding diaryl/α,β-unsaturated/α-hetero) is 3. The van der Waals surface area contributed by atoms with Gasteiger partial charge in [-0.2, -0.15) is 0 Å². The van der Waals surface area contributed by atoms with E-state index < -0.39 is 28.0 Å². The van der Waals surface area contributed by atoms with Gasteiger partial charge in [0, 0.05) is 49.4 Å². The van der Waals surface area contributed by atoms with E-state index in [1.807, 2.05) is 6.08 Å². The zero-order chi connectivity index (χ0) is 38.3. The topological polar surface area (TPSA) is 121 Å². The third kappa shape index (κ3) is 4.72. The van der Waals surface area contributed by atoms with Crippen molar-refractivity contribution in [2.45, 2.75) is 149 Å². The molecule has 8 heteroatoms. The molecular weight excluding hydrogens is 680 g/mol. The minimum absolute atomic E-state index is 0.0322. The number of rotatable bonds is 4. The van der Waals surface area contributed by atoms with E-state index in [-0.39, 0.29) is 58.8 Å². The molecule has 6 fully saturated rings. The molecule has 6 saturated carbocycles. The van der Waals surface area contributed by atoms with Crippen molar-refractivity contribution in [2.24, 2.45) is 75.9 Å². The van der Waals surface area contributed by atoms with Gasteiger partial charge in [0.25, 0.3) is 0 Å². The molecule has 9 rings (SSSR count). The number of hydrogen-bond acceptors (Lipinski definition) is 8. The predicted molar refractivity (Wildman–Crippen MR) is 199 cm³/mol. The summed E-state index contributed by atoms with van der Waals surface area (Å²) in [6.07, 6.45) is 14.0. The van der Waals surface area contributed by atoms with Crippen LogP contribution in [0.25, 0.3) is 0 Å². The molecule has 0 aromatic heterocycles. The molecule has 15 atom stereocenters. The van der Waals surface area contributed by atoms with E-state index in [4.69, 9.17) is 9.47 Å². The fraction of sp³-hybridized carbons (Fsp3) is 0.783. The Kier molecular flexibility index (Phi) is 8.36. The van der Waals surface area contributed by atoms with Gasteiger partial charge < -0.3 is 9.47 Å². The van der Waals surface area contributed by atoms with Crippen molar-refractivity contribution in [1.29, 1.82) is 0 Å². The lowest BCUT2D eigenvalue weighted by molar-refractivity contribution is -0.185. The maximum atomic E-state index is 14.8. The van der Waals surface area contributed by atoms with E-state index in [0.717, 1.165) is 70.6 Å². The van der Waals surface area contributed by atoms with E-state index >= 15 is 0 Å². The highest BCUT2D eigenvalue weighted by Crippen LogP contribution is 2.73. The van der Waals surface area contributed by atoms with Crippen LogP contribution >= 0.6 is 0 Å². The van der Waals surface area contributed by atoms with E-state index in [1.165, 1.54) is 30.6 Å². The molecule has 0 N–H and O–H groups in total. The Bertz CT molecular complexity index is 1800. The lowest BCUT2D eigenvalue weighted by atomic mass is 9.39. The number of allylic oxidation sites excluding steroid dienone is 3. The summed E-state index contributed by atoms with van der Waals surface area (Å²) in [6, 6.07) is 0. The van der Waals surface area contributed by atoms with Gasteiger partial charge in [-0.1, -0.05) is 30.6 Å². The molecule has 292 valence electrons. The molecule has 0 radical (unpaired) electrons. The number of esters is 2. The largest absolute Gasteiger partial charge is 0.451 e. The molecular formula is C46H60O8. The molecule has 0 amide bonds. The van der Waals surface area contributed by atoms with Crippen LogP contribution < -0.4 is 0 Å². The van der Waals surface area contributed by atoms with Crippen molar-refractivity contribution in [3.8, 4) is 0 Å². The van der Waals surface area contributed by atoms with Gasteiger partial charge in [-0.3, -0.25) is 28.8 Å². The summed E-state index contributed by atoms with van der Waals surface area (Å²) in [4.78, 5) is 80.0. The molecule has 0 aromatic rings. The van der Waals surface area contributed by atoms with Crippen molar-refractivity contribution in [1.82, 2.24) is 0 Å². The van der Waals surface area contributed by atoms with Crippen LogP contribution in [0.4, 0.5) is 0 Å². The van der Waals surface area contributed by atoms with Crippen molar-refractivity contribution >= 4 is 35.1 Å². The van der Waals surface area contributed by atoms with Crippen LogP contribution in [-0.4, -0.2) is 46.3 Å². The number of ketones is 4. The average Bonchev–Trinajstić information content (AvgIpc) is 3.64. The molecule has 0 bridgehead atoms. The van der Waals surface area contributed by atoms with Crippen molar-refractivity contribution in [3.05, 3.63) is 22.8 Å². The Labute approximate surface area is 320 Å². The number of fused-ring (bicyclic) bond motifs is 11. The van der Waals surface area contributed by atoms with Crippen molar-refractivity contribution in [3.63, 3.8) is 0 Å². The third-order valence-corrected chi connectivity index (χ3v) is 18.3. The minimum Gasteiger partial charge on any atom is -0.451 e. The Hall–Kier alpha value is -2.90. The number of carbonyl (C=O) groups excluding carboxylic acids is 6. The number of carbonyl (C=O) groups is 6. The van der Waals surface area contributed by atoms with Gasteiger partial charge in [0.2, 0.25) is 0 Å².